The highest BCUT2D eigenvalue weighted by molar-refractivity contribution is 5.58. The molecule has 1 aromatic heterocycles. The van der Waals surface area contributed by atoms with E-state index in [2.05, 4.69) is 38.2 Å². The molecule has 7 nitrogen and oxygen atoms in total. The van der Waals surface area contributed by atoms with Crippen molar-refractivity contribution >= 4 is 17.6 Å². The van der Waals surface area contributed by atoms with Crippen molar-refractivity contribution in [3.63, 3.8) is 0 Å². The highest BCUT2D eigenvalue weighted by Gasteiger charge is 2.23. The number of nitrogens with zero attached hydrogens (tertiary/aromatic N) is 4. The first-order valence-electron chi connectivity index (χ1n) is 9.40. The zero-order chi connectivity index (χ0) is 18.4. The number of para-hydroxylation sites is 1. The van der Waals surface area contributed by atoms with Crippen molar-refractivity contribution in [2.45, 2.75) is 51.6 Å². The molecular weight excluding hydrogens is 328 g/mol. The fourth-order valence-corrected chi connectivity index (χ4v) is 3.56. The lowest BCUT2D eigenvalue weighted by molar-refractivity contribution is 0.110. The van der Waals surface area contributed by atoms with Gasteiger partial charge in [0, 0.05) is 18.3 Å². The maximum atomic E-state index is 9.31. The van der Waals surface area contributed by atoms with Crippen molar-refractivity contribution in [1.82, 2.24) is 19.9 Å². The van der Waals surface area contributed by atoms with Gasteiger partial charge in [0.1, 0.15) is 5.82 Å². The number of hydrogen-bond donors (Lipinski definition) is 3. The summed E-state index contributed by atoms with van der Waals surface area (Å²) in [6, 6.07) is 8.49. The molecule has 4 N–H and O–H groups in total. The number of nitrogens with two attached hydrogens (primary N) is 1. The van der Waals surface area contributed by atoms with Crippen LogP contribution in [0, 0.1) is 0 Å². The maximum Gasteiger partial charge on any atom is 0.232 e. The molecule has 7 heteroatoms. The van der Waals surface area contributed by atoms with Gasteiger partial charge in [-0.2, -0.15) is 15.0 Å². The quantitative estimate of drug-likeness (QED) is 0.701. The van der Waals surface area contributed by atoms with Gasteiger partial charge in [0.05, 0.1) is 6.54 Å². The molecule has 1 saturated heterocycles. The van der Waals surface area contributed by atoms with Gasteiger partial charge in [0.25, 0.3) is 0 Å². The molecule has 1 atom stereocenters. The van der Waals surface area contributed by atoms with Gasteiger partial charge in [-0.05, 0) is 43.9 Å². The number of hydrogen-bond acceptors (Lipinski definition) is 7. The van der Waals surface area contributed by atoms with E-state index in [0.29, 0.717) is 24.4 Å². The molecule has 1 aliphatic heterocycles. The molecule has 0 bridgehead atoms. The Hall–Kier alpha value is -2.25. The Kier molecular flexibility index (Phi) is 6.35. The lowest BCUT2D eigenvalue weighted by Crippen LogP contribution is -2.40. The summed E-state index contributed by atoms with van der Waals surface area (Å²) in [6.07, 6.45) is 5.19. The van der Waals surface area contributed by atoms with Gasteiger partial charge in [0.15, 0.2) is 0 Å². The third kappa shape index (κ3) is 4.68. The molecule has 3 rings (SSSR count). The Balaban J connectivity index is 1.77. The monoisotopic (exact) mass is 356 g/mol. The fourth-order valence-electron chi connectivity index (χ4n) is 3.56. The molecule has 1 fully saturated rings. The molecule has 0 saturated carbocycles. The number of likely N-dealkylation sites (tertiary alicyclic amines) is 1. The van der Waals surface area contributed by atoms with E-state index in [9.17, 15) is 5.11 Å². The summed E-state index contributed by atoms with van der Waals surface area (Å²) >= 11 is 0. The van der Waals surface area contributed by atoms with Crippen LogP contribution in [-0.2, 0) is 13.0 Å². The molecule has 0 radical (unpaired) electrons. The number of aromatic nitrogens is 3. The zero-order valence-corrected chi connectivity index (χ0v) is 15.4. The van der Waals surface area contributed by atoms with Crippen molar-refractivity contribution in [1.29, 1.82) is 0 Å². The van der Waals surface area contributed by atoms with Crippen LogP contribution in [0.4, 0.5) is 17.6 Å². The minimum absolute atomic E-state index is 0.209. The number of aryl methyl sites for hydroxylation is 1. The third-order valence-electron chi connectivity index (χ3n) is 4.90. The Labute approximate surface area is 154 Å². The minimum Gasteiger partial charge on any atom is -0.396 e. The van der Waals surface area contributed by atoms with Crippen molar-refractivity contribution in [2.24, 2.45) is 0 Å². The smallest absolute Gasteiger partial charge is 0.232 e. The molecule has 0 aliphatic carbocycles. The van der Waals surface area contributed by atoms with Gasteiger partial charge in [-0.3, -0.25) is 4.90 Å². The fraction of sp³-hybridized carbons (Fsp3) is 0.526. The lowest BCUT2D eigenvalue weighted by atomic mass is 10.00. The van der Waals surface area contributed by atoms with Crippen LogP contribution in [0.3, 0.4) is 0 Å². The lowest BCUT2D eigenvalue weighted by Gasteiger charge is -2.34. The maximum absolute atomic E-state index is 9.31. The molecular formula is C19H28N6O. The van der Waals surface area contributed by atoms with Gasteiger partial charge in [0.2, 0.25) is 11.9 Å². The molecule has 140 valence electrons. The molecule has 0 spiro atoms. The van der Waals surface area contributed by atoms with E-state index in [1.54, 1.807) is 0 Å². The summed E-state index contributed by atoms with van der Waals surface area (Å²) in [7, 11) is 0. The standard InChI is InChI=1S/C19H28N6O/c1-2-14-7-3-4-9-16(14)21-19-23-17(22-18(20)24-19)13-25-11-6-5-8-15(25)10-12-26/h3-4,7,9,15,26H,2,5-6,8,10-13H2,1H3,(H3,20,21,22,23,24). The first-order chi connectivity index (χ1) is 12.7. The van der Waals surface area contributed by atoms with Crippen LogP contribution in [0.1, 0.15) is 44.0 Å². The van der Waals surface area contributed by atoms with Crippen LogP contribution in [0.2, 0.25) is 0 Å². The number of benzene rings is 1. The van der Waals surface area contributed by atoms with E-state index < -0.39 is 0 Å². The van der Waals surface area contributed by atoms with Gasteiger partial charge in [-0.1, -0.05) is 31.5 Å². The number of rotatable bonds is 7. The first kappa shape index (κ1) is 18.5. The zero-order valence-electron chi connectivity index (χ0n) is 15.4. The second-order valence-electron chi connectivity index (χ2n) is 6.70. The van der Waals surface area contributed by atoms with Crippen molar-refractivity contribution in [2.75, 3.05) is 24.2 Å². The summed E-state index contributed by atoms with van der Waals surface area (Å²) in [4.78, 5) is 15.5. The van der Waals surface area contributed by atoms with Gasteiger partial charge < -0.3 is 16.2 Å². The minimum atomic E-state index is 0.209. The summed E-state index contributed by atoms with van der Waals surface area (Å²) in [5.41, 5.74) is 8.11. The van der Waals surface area contributed by atoms with Crippen molar-refractivity contribution < 1.29 is 5.11 Å². The Morgan fingerprint density at radius 2 is 2.08 bits per heavy atom. The van der Waals surface area contributed by atoms with Crippen LogP contribution in [0.15, 0.2) is 24.3 Å². The normalized spacial score (nSPS) is 18.0. The number of nitrogen functional groups attached to an aromatic ring is 1. The first-order valence-corrected chi connectivity index (χ1v) is 9.40. The van der Waals surface area contributed by atoms with Crippen LogP contribution < -0.4 is 11.1 Å². The summed E-state index contributed by atoms with van der Waals surface area (Å²) in [5.74, 6) is 1.37. The second kappa shape index (κ2) is 8.91. The Morgan fingerprint density at radius 3 is 2.88 bits per heavy atom. The van der Waals surface area contributed by atoms with Crippen LogP contribution >= 0.6 is 0 Å². The number of anilines is 3. The van der Waals surface area contributed by atoms with Crippen LogP contribution in [0.25, 0.3) is 0 Å². The summed E-state index contributed by atoms with van der Waals surface area (Å²) in [6.45, 7) is 3.95. The number of nitrogens with one attached hydrogen (secondary N) is 1. The van der Waals surface area contributed by atoms with Crippen molar-refractivity contribution in [3.05, 3.63) is 35.7 Å². The molecule has 2 heterocycles. The third-order valence-corrected chi connectivity index (χ3v) is 4.90. The highest BCUT2D eigenvalue weighted by Crippen LogP contribution is 2.22. The molecule has 2 aromatic rings. The Morgan fingerprint density at radius 1 is 1.23 bits per heavy atom. The average molecular weight is 356 g/mol. The molecule has 1 aromatic carbocycles. The van der Waals surface area contributed by atoms with Gasteiger partial charge >= 0.3 is 0 Å². The van der Waals surface area contributed by atoms with Gasteiger partial charge in [-0.15, -0.1) is 0 Å². The van der Waals surface area contributed by atoms with E-state index in [1.165, 1.54) is 12.0 Å². The number of aliphatic hydroxyl groups is 1. The molecule has 26 heavy (non-hydrogen) atoms. The topological polar surface area (TPSA) is 100 Å². The summed E-state index contributed by atoms with van der Waals surface area (Å²) < 4.78 is 0. The summed E-state index contributed by atoms with van der Waals surface area (Å²) in [5, 5.41) is 12.6. The van der Waals surface area contributed by atoms with E-state index in [1.807, 2.05) is 18.2 Å². The van der Waals surface area contributed by atoms with Crippen LogP contribution in [0.5, 0.6) is 0 Å². The molecule has 1 unspecified atom stereocenters. The van der Waals surface area contributed by atoms with Crippen LogP contribution in [-0.4, -0.2) is 44.2 Å². The van der Waals surface area contributed by atoms with E-state index in [4.69, 9.17) is 5.73 Å². The predicted molar refractivity (Wildman–Crippen MR) is 103 cm³/mol. The second-order valence-corrected chi connectivity index (χ2v) is 6.70. The van der Waals surface area contributed by atoms with E-state index in [-0.39, 0.29) is 12.6 Å². The van der Waals surface area contributed by atoms with Crippen molar-refractivity contribution in [3.8, 4) is 0 Å². The largest absolute Gasteiger partial charge is 0.396 e. The SMILES string of the molecule is CCc1ccccc1Nc1nc(N)nc(CN2CCCCC2CCO)n1. The highest BCUT2D eigenvalue weighted by atomic mass is 16.3. The van der Waals surface area contributed by atoms with E-state index in [0.717, 1.165) is 37.9 Å². The Bertz CT molecular complexity index is 721. The number of aliphatic hydroxyl groups excluding tert-OH is 1. The average Bonchev–Trinajstić information content (AvgIpc) is 2.63. The van der Waals surface area contributed by atoms with E-state index >= 15 is 0 Å². The molecule has 0 amide bonds. The predicted octanol–water partition coefficient (Wildman–Crippen LogP) is 2.50. The molecule has 1 aliphatic rings. The van der Waals surface area contributed by atoms with Gasteiger partial charge in [-0.25, -0.2) is 0 Å². The number of piperidine rings is 1.